The molecule has 2 aliphatic heterocycles. The molecule has 0 saturated heterocycles. The van der Waals surface area contributed by atoms with Gasteiger partial charge in [-0.1, -0.05) is 30.3 Å². The Labute approximate surface area is 179 Å². The van der Waals surface area contributed by atoms with Crippen molar-refractivity contribution in [3.63, 3.8) is 0 Å². The Morgan fingerprint density at radius 2 is 1.58 bits per heavy atom. The standard InChI is InChI=1S/C23H23NO7/c1-27-17-12-14-10-11-24-23(15-8-6-5-7-9-15,16(14)13-18(17)28-2)19(21(25)29-3)20(31-24)22(26)30-4/h5-9,12-13H,10-11H2,1-4H3/t23-/m0/s1. The number of rotatable bonds is 5. The largest absolute Gasteiger partial charge is 0.493 e. The summed E-state index contributed by atoms with van der Waals surface area (Å²) in [5.41, 5.74) is 1.24. The second-order valence-corrected chi connectivity index (χ2v) is 7.07. The number of hydrogen-bond donors (Lipinski definition) is 0. The maximum Gasteiger partial charge on any atom is 0.376 e. The van der Waals surface area contributed by atoms with Gasteiger partial charge in [0.25, 0.3) is 0 Å². The molecule has 2 aromatic carbocycles. The minimum absolute atomic E-state index is 0.0567. The maximum atomic E-state index is 13.1. The summed E-state index contributed by atoms with van der Waals surface area (Å²) in [5, 5.41) is 1.63. The van der Waals surface area contributed by atoms with Crippen molar-refractivity contribution in [3.8, 4) is 11.5 Å². The fourth-order valence-electron chi connectivity index (χ4n) is 4.38. The molecule has 8 nitrogen and oxygen atoms in total. The molecule has 0 unspecified atom stereocenters. The molecule has 0 spiro atoms. The van der Waals surface area contributed by atoms with Gasteiger partial charge in [0.1, 0.15) is 11.1 Å². The third kappa shape index (κ3) is 2.94. The van der Waals surface area contributed by atoms with E-state index in [4.69, 9.17) is 23.8 Å². The van der Waals surface area contributed by atoms with Crippen LogP contribution in [0.5, 0.6) is 11.5 Å². The molecule has 0 aliphatic carbocycles. The van der Waals surface area contributed by atoms with Crippen LogP contribution in [-0.2, 0) is 35.9 Å². The molecule has 0 N–H and O–H groups in total. The van der Waals surface area contributed by atoms with E-state index < -0.39 is 17.5 Å². The highest BCUT2D eigenvalue weighted by molar-refractivity contribution is 6.02. The lowest BCUT2D eigenvalue weighted by atomic mass is 9.72. The molecule has 2 aromatic rings. The molecule has 162 valence electrons. The monoisotopic (exact) mass is 425 g/mol. The summed E-state index contributed by atoms with van der Waals surface area (Å²) >= 11 is 0. The normalized spacial score (nSPS) is 19.7. The topological polar surface area (TPSA) is 83.5 Å². The highest BCUT2D eigenvalue weighted by Crippen LogP contribution is 2.54. The van der Waals surface area contributed by atoms with E-state index in [0.717, 1.165) is 16.7 Å². The maximum absolute atomic E-state index is 13.1. The lowest BCUT2D eigenvalue weighted by molar-refractivity contribution is -0.170. The van der Waals surface area contributed by atoms with Crippen molar-refractivity contribution in [1.82, 2.24) is 5.06 Å². The van der Waals surface area contributed by atoms with E-state index >= 15 is 0 Å². The molecule has 0 radical (unpaired) electrons. The summed E-state index contributed by atoms with van der Waals surface area (Å²) in [6.07, 6.45) is 0.604. The SMILES string of the molecule is COC(=O)C1=C(C(=O)OC)[C@]2(c3ccccc3)c3cc(OC)c(OC)cc3CCN2O1. The van der Waals surface area contributed by atoms with Gasteiger partial charge in [0.2, 0.25) is 5.76 Å². The van der Waals surface area contributed by atoms with Gasteiger partial charge in [-0.2, -0.15) is 0 Å². The van der Waals surface area contributed by atoms with Gasteiger partial charge in [-0.15, -0.1) is 5.06 Å². The van der Waals surface area contributed by atoms with Crippen LogP contribution in [0.1, 0.15) is 16.7 Å². The van der Waals surface area contributed by atoms with E-state index in [1.54, 1.807) is 19.3 Å². The van der Waals surface area contributed by atoms with Crippen molar-refractivity contribution in [2.75, 3.05) is 35.0 Å². The molecule has 31 heavy (non-hydrogen) atoms. The number of hydrogen-bond acceptors (Lipinski definition) is 8. The van der Waals surface area contributed by atoms with Crippen molar-refractivity contribution < 1.29 is 33.4 Å². The van der Waals surface area contributed by atoms with Gasteiger partial charge in [-0.25, -0.2) is 9.59 Å². The van der Waals surface area contributed by atoms with Gasteiger partial charge < -0.3 is 23.8 Å². The molecule has 8 heteroatoms. The lowest BCUT2D eigenvalue weighted by Crippen LogP contribution is -2.50. The third-order valence-corrected chi connectivity index (χ3v) is 5.70. The van der Waals surface area contributed by atoms with E-state index in [2.05, 4.69) is 0 Å². The van der Waals surface area contributed by atoms with Gasteiger partial charge in [-0.05, 0) is 35.2 Å². The first kappa shape index (κ1) is 20.7. The van der Waals surface area contributed by atoms with Crippen LogP contribution < -0.4 is 9.47 Å². The fourth-order valence-corrected chi connectivity index (χ4v) is 4.38. The highest BCUT2D eigenvalue weighted by atomic mass is 16.7. The van der Waals surface area contributed by atoms with Crippen molar-refractivity contribution in [3.05, 3.63) is 70.5 Å². The number of carbonyl (C=O) groups is 2. The summed E-state index contributed by atoms with van der Waals surface area (Å²) in [6, 6.07) is 13.1. The number of benzene rings is 2. The third-order valence-electron chi connectivity index (χ3n) is 5.70. The van der Waals surface area contributed by atoms with Gasteiger partial charge in [0.05, 0.1) is 28.4 Å². The smallest absolute Gasteiger partial charge is 0.376 e. The van der Waals surface area contributed by atoms with Crippen molar-refractivity contribution in [2.24, 2.45) is 0 Å². The molecule has 2 heterocycles. The number of esters is 2. The van der Waals surface area contributed by atoms with Gasteiger partial charge in [0, 0.05) is 6.54 Å². The summed E-state index contributed by atoms with van der Waals surface area (Å²) < 4.78 is 21.0. The summed E-state index contributed by atoms with van der Waals surface area (Å²) in [6.45, 7) is 0.415. The van der Waals surface area contributed by atoms with Crippen molar-refractivity contribution in [2.45, 2.75) is 12.0 Å². The predicted octanol–water partition coefficient (Wildman–Crippen LogP) is 2.35. The van der Waals surface area contributed by atoms with Gasteiger partial charge in [0.15, 0.2) is 11.5 Å². The Morgan fingerprint density at radius 1 is 0.935 bits per heavy atom. The highest BCUT2D eigenvalue weighted by Gasteiger charge is 2.59. The molecule has 0 fully saturated rings. The van der Waals surface area contributed by atoms with Crippen LogP contribution in [0.4, 0.5) is 0 Å². The quantitative estimate of drug-likeness (QED) is 0.675. The number of methoxy groups -OCH3 is 4. The minimum Gasteiger partial charge on any atom is -0.493 e. The molecular formula is C23H23NO7. The predicted molar refractivity (Wildman–Crippen MR) is 109 cm³/mol. The molecule has 0 saturated carbocycles. The molecule has 2 aliphatic rings. The van der Waals surface area contributed by atoms with E-state index in [0.29, 0.717) is 24.5 Å². The van der Waals surface area contributed by atoms with Crippen LogP contribution in [0.15, 0.2) is 53.8 Å². The molecule has 0 amide bonds. The Balaban J connectivity index is 2.12. The van der Waals surface area contributed by atoms with E-state index in [9.17, 15) is 9.59 Å². The Bertz CT molecular complexity index is 1060. The van der Waals surface area contributed by atoms with Gasteiger partial charge >= 0.3 is 11.9 Å². The zero-order valence-electron chi connectivity index (χ0n) is 17.8. The summed E-state index contributed by atoms with van der Waals surface area (Å²) in [4.78, 5) is 31.7. The number of hydroxylamine groups is 2. The van der Waals surface area contributed by atoms with E-state index in [-0.39, 0.29) is 11.3 Å². The first-order chi connectivity index (χ1) is 15.0. The molecule has 4 rings (SSSR count). The Morgan fingerprint density at radius 3 is 2.19 bits per heavy atom. The first-order valence-corrected chi connectivity index (χ1v) is 9.70. The Hall–Kier alpha value is -3.52. The first-order valence-electron chi connectivity index (χ1n) is 9.70. The molecule has 0 aromatic heterocycles. The van der Waals surface area contributed by atoms with E-state index in [1.165, 1.54) is 14.2 Å². The number of fused-ring (bicyclic) bond motifs is 3. The van der Waals surface area contributed by atoms with Crippen molar-refractivity contribution in [1.29, 1.82) is 0 Å². The van der Waals surface area contributed by atoms with Crippen LogP contribution >= 0.6 is 0 Å². The van der Waals surface area contributed by atoms with Crippen molar-refractivity contribution >= 4 is 11.9 Å². The fraction of sp³-hybridized carbons (Fsp3) is 0.304. The van der Waals surface area contributed by atoms with E-state index in [1.807, 2.05) is 42.5 Å². The average molecular weight is 425 g/mol. The van der Waals surface area contributed by atoms with Crippen LogP contribution in [0.3, 0.4) is 0 Å². The zero-order chi connectivity index (χ0) is 22.2. The van der Waals surface area contributed by atoms with Crippen LogP contribution in [0.25, 0.3) is 0 Å². The Kier molecular flexibility index (Phi) is 5.32. The number of carbonyl (C=O) groups excluding carboxylic acids is 2. The number of ether oxygens (including phenoxy) is 4. The van der Waals surface area contributed by atoms with Crippen LogP contribution in [0.2, 0.25) is 0 Å². The second-order valence-electron chi connectivity index (χ2n) is 7.07. The second kappa shape index (κ2) is 7.96. The molecule has 1 atom stereocenters. The summed E-state index contributed by atoms with van der Waals surface area (Å²) in [5.74, 6) is -0.565. The molecular weight excluding hydrogens is 402 g/mol. The van der Waals surface area contributed by atoms with Crippen LogP contribution in [-0.4, -0.2) is 52.0 Å². The van der Waals surface area contributed by atoms with Crippen LogP contribution in [0, 0.1) is 0 Å². The average Bonchev–Trinajstić information content (AvgIpc) is 3.19. The molecule has 0 bridgehead atoms. The van der Waals surface area contributed by atoms with Gasteiger partial charge in [-0.3, -0.25) is 0 Å². The summed E-state index contributed by atoms with van der Waals surface area (Å²) in [7, 11) is 5.62. The number of nitrogens with zero attached hydrogens (tertiary/aromatic N) is 1. The minimum atomic E-state index is -1.23. The zero-order valence-corrected chi connectivity index (χ0v) is 17.8. The lowest BCUT2D eigenvalue weighted by Gasteiger charge is -2.43.